The second-order valence-corrected chi connectivity index (χ2v) is 7.97. The average Bonchev–Trinajstić information content (AvgIpc) is 2.51. The van der Waals surface area contributed by atoms with Crippen molar-refractivity contribution >= 4 is 15.7 Å². The molecule has 0 aromatic carbocycles. The van der Waals surface area contributed by atoms with E-state index in [1.807, 2.05) is 11.9 Å². The Morgan fingerprint density at radius 2 is 2.05 bits per heavy atom. The largest absolute Gasteiger partial charge is 0.341 e. The molecule has 0 radical (unpaired) electrons. The zero-order chi connectivity index (χ0) is 13.9. The lowest BCUT2D eigenvalue weighted by molar-refractivity contribution is -0.133. The van der Waals surface area contributed by atoms with Crippen molar-refractivity contribution in [3.8, 4) is 0 Å². The van der Waals surface area contributed by atoms with Crippen LogP contribution in [0.2, 0.25) is 0 Å². The van der Waals surface area contributed by atoms with Gasteiger partial charge in [0, 0.05) is 13.1 Å². The highest BCUT2D eigenvalue weighted by Crippen LogP contribution is 2.21. The van der Waals surface area contributed by atoms with Gasteiger partial charge in [-0.3, -0.25) is 4.79 Å². The van der Waals surface area contributed by atoms with Crippen LogP contribution in [-0.4, -0.2) is 56.9 Å². The Morgan fingerprint density at radius 1 is 1.26 bits per heavy atom. The summed E-state index contributed by atoms with van der Waals surface area (Å²) in [6.07, 6.45) is 4.62. The maximum Gasteiger partial charge on any atom is 0.239 e. The summed E-state index contributed by atoms with van der Waals surface area (Å²) in [6.45, 7) is 1.38. The number of hydrogen-bond acceptors (Lipinski definition) is 4. The standard InChI is InChI=1S/C13H24N2O3S/c1-14-12-6-2-3-7-15(13(12)16)9-11-5-4-8-19(17,18)10-11/h11-12,14H,2-10H2,1H3. The minimum Gasteiger partial charge on any atom is -0.341 e. The van der Waals surface area contributed by atoms with E-state index in [0.717, 1.165) is 38.6 Å². The molecule has 1 amide bonds. The highest BCUT2D eigenvalue weighted by Gasteiger charge is 2.31. The Hall–Kier alpha value is -0.620. The Labute approximate surface area is 115 Å². The van der Waals surface area contributed by atoms with Crippen molar-refractivity contribution in [2.24, 2.45) is 5.92 Å². The van der Waals surface area contributed by atoms with E-state index >= 15 is 0 Å². The second kappa shape index (κ2) is 6.22. The van der Waals surface area contributed by atoms with Crippen LogP contribution in [-0.2, 0) is 14.6 Å². The van der Waals surface area contributed by atoms with Crippen LogP contribution in [0.25, 0.3) is 0 Å². The number of nitrogens with zero attached hydrogens (tertiary/aromatic N) is 1. The molecule has 2 saturated heterocycles. The van der Waals surface area contributed by atoms with Gasteiger partial charge in [-0.1, -0.05) is 0 Å². The van der Waals surface area contributed by atoms with Crippen molar-refractivity contribution in [3.05, 3.63) is 0 Å². The molecule has 2 heterocycles. The molecule has 5 nitrogen and oxygen atoms in total. The van der Waals surface area contributed by atoms with E-state index in [2.05, 4.69) is 5.32 Å². The van der Waals surface area contributed by atoms with Gasteiger partial charge < -0.3 is 10.2 Å². The Balaban J connectivity index is 1.98. The minimum absolute atomic E-state index is 0.0947. The summed E-state index contributed by atoms with van der Waals surface area (Å²) in [4.78, 5) is 14.2. The van der Waals surface area contributed by atoms with Crippen molar-refractivity contribution in [2.45, 2.75) is 38.1 Å². The SMILES string of the molecule is CNC1CCCCN(CC2CCCS(=O)(=O)C2)C1=O. The van der Waals surface area contributed by atoms with Gasteiger partial charge in [0.15, 0.2) is 9.84 Å². The van der Waals surface area contributed by atoms with Gasteiger partial charge in [0.05, 0.1) is 17.5 Å². The van der Waals surface area contributed by atoms with Crippen LogP contribution >= 0.6 is 0 Å². The molecule has 2 aliphatic heterocycles. The van der Waals surface area contributed by atoms with E-state index in [4.69, 9.17) is 0 Å². The summed E-state index contributed by atoms with van der Waals surface area (Å²) in [5, 5.41) is 3.07. The number of amides is 1. The van der Waals surface area contributed by atoms with Crippen LogP contribution in [0.4, 0.5) is 0 Å². The fourth-order valence-corrected chi connectivity index (χ4v) is 4.89. The maximum absolute atomic E-state index is 12.3. The number of sulfone groups is 1. The van der Waals surface area contributed by atoms with E-state index in [9.17, 15) is 13.2 Å². The lowest BCUT2D eigenvalue weighted by Gasteiger charge is -2.30. The zero-order valence-corrected chi connectivity index (χ0v) is 12.4. The molecule has 2 rings (SSSR count). The third kappa shape index (κ3) is 3.92. The fourth-order valence-electron chi connectivity index (χ4n) is 3.13. The summed E-state index contributed by atoms with van der Waals surface area (Å²) in [5.74, 6) is 0.832. The summed E-state index contributed by atoms with van der Waals surface area (Å²) in [5.41, 5.74) is 0. The van der Waals surface area contributed by atoms with Crippen molar-refractivity contribution in [2.75, 3.05) is 31.6 Å². The number of rotatable bonds is 3. The third-order valence-corrected chi connectivity index (χ3v) is 6.05. The molecule has 0 saturated carbocycles. The quantitative estimate of drug-likeness (QED) is 0.817. The van der Waals surface area contributed by atoms with Crippen LogP contribution in [0.15, 0.2) is 0 Å². The number of likely N-dealkylation sites (tertiary alicyclic amines) is 1. The van der Waals surface area contributed by atoms with E-state index < -0.39 is 9.84 Å². The first kappa shape index (κ1) is 14.8. The molecular weight excluding hydrogens is 264 g/mol. The summed E-state index contributed by atoms with van der Waals surface area (Å²) in [6, 6.07) is -0.0947. The molecule has 2 atom stereocenters. The molecule has 0 aliphatic carbocycles. The van der Waals surface area contributed by atoms with Crippen molar-refractivity contribution in [3.63, 3.8) is 0 Å². The molecule has 19 heavy (non-hydrogen) atoms. The van der Waals surface area contributed by atoms with Crippen LogP contribution in [0.1, 0.15) is 32.1 Å². The predicted molar refractivity (Wildman–Crippen MR) is 74.7 cm³/mol. The summed E-state index contributed by atoms with van der Waals surface area (Å²) >= 11 is 0. The van der Waals surface area contributed by atoms with E-state index in [0.29, 0.717) is 12.3 Å². The van der Waals surface area contributed by atoms with Gasteiger partial charge in [0.1, 0.15) is 0 Å². The van der Waals surface area contributed by atoms with Gasteiger partial charge in [-0.25, -0.2) is 8.42 Å². The van der Waals surface area contributed by atoms with Gasteiger partial charge in [-0.2, -0.15) is 0 Å². The molecular formula is C13H24N2O3S. The Bertz CT molecular complexity index is 422. The third-order valence-electron chi connectivity index (χ3n) is 4.16. The highest BCUT2D eigenvalue weighted by molar-refractivity contribution is 7.91. The number of carbonyl (C=O) groups excluding carboxylic acids is 1. The van der Waals surface area contributed by atoms with Crippen LogP contribution in [0.5, 0.6) is 0 Å². The first-order chi connectivity index (χ1) is 9.02. The van der Waals surface area contributed by atoms with Crippen molar-refractivity contribution in [1.29, 1.82) is 0 Å². The lowest BCUT2D eigenvalue weighted by atomic mass is 10.0. The number of carbonyl (C=O) groups is 1. The molecule has 110 valence electrons. The molecule has 2 unspecified atom stereocenters. The van der Waals surface area contributed by atoms with E-state index in [1.165, 1.54) is 0 Å². The first-order valence-electron chi connectivity index (χ1n) is 7.18. The zero-order valence-electron chi connectivity index (χ0n) is 11.6. The molecule has 0 spiro atoms. The Morgan fingerprint density at radius 3 is 2.74 bits per heavy atom. The maximum atomic E-state index is 12.3. The smallest absolute Gasteiger partial charge is 0.239 e. The minimum atomic E-state index is -2.88. The lowest BCUT2D eigenvalue weighted by Crippen LogP contribution is -2.46. The molecule has 2 aliphatic rings. The summed E-state index contributed by atoms with van der Waals surface area (Å²) < 4.78 is 23.3. The molecule has 2 fully saturated rings. The predicted octanol–water partition coefficient (Wildman–Crippen LogP) is 0.412. The monoisotopic (exact) mass is 288 g/mol. The van der Waals surface area contributed by atoms with Gasteiger partial charge in [0.2, 0.25) is 5.91 Å². The highest BCUT2D eigenvalue weighted by atomic mass is 32.2. The second-order valence-electron chi connectivity index (χ2n) is 5.74. The molecule has 0 aromatic heterocycles. The van der Waals surface area contributed by atoms with Crippen LogP contribution < -0.4 is 5.32 Å². The fraction of sp³-hybridized carbons (Fsp3) is 0.923. The number of nitrogens with one attached hydrogen (secondary N) is 1. The van der Waals surface area contributed by atoms with Gasteiger partial charge in [-0.15, -0.1) is 0 Å². The van der Waals surface area contributed by atoms with E-state index in [1.54, 1.807) is 0 Å². The topological polar surface area (TPSA) is 66.5 Å². The molecule has 1 N–H and O–H groups in total. The van der Waals surface area contributed by atoms with Crippen molar-refractivity contribution < 1.29 is 13.2 Å². The van der Waals surface area contributed by atoms with Gasteiger partial charge >= 0.3 is 0 Å². The molecule has 0 bridgehead atoms. The molecule has 6 heteroatoms. The number of likely N-dealkylation sites (N-methyl/N-ethyl adjacent to an activating group) is 1. The average molecular weight is 288 g/mol. The van der Waals surface area contributed by atoms with Crippen LogP contribution in [0, 0.1) is 5.92 Å². The van der Waals surface area contributed by atoms with E-state index in [-0.39, 0.29) is 23.6 Å². The first-order valence-corrected chi connectivity index (χ1v) is 9.00. The van der Waals surface area contributed by atoms with Gasteiger partial charge in [-0.05, 0) is 45.1 Å². The van der Waals surface area contributed by atoms with Crippen LogP contribution in [0.3, 0.4) is 0 Å². The van der Waals surface area contributed by atoms with Crippen molar-refractivity contribution in [1.82, 2.24) is 10.2 Å². The number of hydrogen-bond donors (Lipinski definition) is 1. The normalized spacial score (nSPS) is 32.1. The Kier molecular flexibility index (Phi) is 4.84. The summed E-state index contributed by atoms with van der Waals surface area (Å²) in [7, 11) is -1.07. The van der Waals surface area contributed by atoms with Gasteiger partial charge in [0.25, 0.3) is 0 Å². The molecule has 0 aromatic rings.